The van der Waals surface area contributed by atoms with E-state index in [1.54, 1.807) is 11.3 Å². The van der Waals surface area contributed by atoms with Crippen molar-refractivity contribution in [2.75, 3.05) is 19.6 Å². The number of thiazole rings is 1. The molecule has 0 bridgehead atoms. The molecule has 4 nitrogen and oxygen atoms in total. The second kappa shape index (κ2) is 11.4. The lowest BCUT2D eigenvalue weighted by molar-refractivity contribution is 0.0954. The van der Waals surface area contributed by atoms with Gasteiger partial charge in [0.2, 0.25) is 0 Å². The Labute approximate surface area is 153 Å². The van der Waals surface area contributed by atoms with E-state index < -0.39 is 0 Å². The van der Waals surface area contributed by atoms with Crippen LogP contribution in [0.1, 0.15) is 28.7 Å². The normalized spacial score (nSPS) is 9.65. The quantitative estimate of drug-likeness (QED) is 0.725. The molecule has 0 aliphatic rings. The lowest BCUT2D eigenvalue weighted by Crippen LogP contribution is -2.32. The van der Waals surface area contributed by atoms with Crippen LogP contribution in [0.2, 0.25) is 0 Å². The molecule has 0 aliphatic carbocycles. The van der Waals surface area contributed by atoms with Gasteiger partial charge < -0.3 is 10.6 Å². The summed E-state index contributed by atoms with van der Waals surface area (Å²) in [5.41, 5.74) is 2.58. The Kier molecular flexibility index (Phi) is 10.8. The van der Waals surface area contributed by atoms with Crippen molar-refractivity contribution in [2.45, 2.75) is 20.3 Å². The summed E-state index contributed by atoms with van der Waals surface area (Å²) in [5.74, 6) is -0.0397. The van der Waals surface area contributed by atoms with Crippen molar-refractivity contribution < 1.29 is 4.79 Å². The smallest absolute Gasteiger partial charge is 0.251 e. The molecule has 0 aliphatic heterocycles. The van der Waals surface area contributed by atoms with Crippen molar-refractivity contribution in [3.63, 3.8) is 0 Å². The molecule has 0 radical (unpaired) electrons. The number of aromatic nitrogens is 1. The van der Waals surface area contributed by atoms with E-state index in [1.165, 1.54) is 0 Å². The van der Waals surface area contributed by atoms with Gasteiger partial charge >= 0.3 is 0 Å². The van der Waals surface area contributed by atoms with Crippen LogP contribution in [0.5, 0.6) is 0 Å². The number of rotatable bonds is 7. The van der Waals surface area contributed by atoms with E-state index in [0.717, 1.165) is 35.8 Å². The van der Waals surface area contributed by atoms with Crippen LogP contribution in [-0.2, 0) is 0 Å². The van der Waals surface area contributed by atoms with E-state index in [1.807, 2.05) is 36.6 Å². The molecule has 1 aromatic heterocycles. The van der Waals surface area contributed by atoms with E-state index >= 15 is 0 Å². The van der Waals surface area contributed by atoms with Crippen LogP contribution in [0.15, 0.2) is 29.6 Å². The average molecular weight is 376 g/mol. The molecular formula is C16H23Cl2N3OS. The number of carbonyl (C=O) groups excluding carboxylic acids is 1. The van der Waals surface area contributed by atoms with E-state index in [2.05, 4.69) is 22.5 Å². The van der Waals surface area contributed by atoms with Gasteiger partial charge in [-0.1, -0.05) is 19.1 Å². The molecule has 0 unspecified atom stereocenters. The van der Waals surface area contributed by atoms with Gasteiger partial charge in [-0.15, -0.1) is 36.2 Å². The first-order valence-electron chi connectivity index (χ1n) is 7.22. The minimum absolute atomic E-state index is 0. The molecular weight excluding hydrogens is 353 g/mol. The van der Waals surface area contributed by atoms with Gasteiger partial charge in [-0.25, -0.2) is 4.98 Å². The number of aryl methyl sites for hydroxylation is 1. The fourth-order valence-electron chi connectivity index (χ4n) is 1.98. The lowest BCUT2D eigenvalue weighted by Gasteiger charge is -2.07. The standard InChI is InChI=1S/C16H21N3OS.2ClH/c1-3-7-17-8-9-18-16(20)14-6-4-5-13(10-14)15-11-21-12(2)19-15;;/h4-6,10-11,17H,3,7-9H2,1-2H3,(H,18,20);2*1H. The van der Waals surface area contributed by atoms with Gasteiger partial charge in [0.05, 0.1) is 10.7 Å². The summed E-state index contributed by atoms with van der Waals surface area (Å²) in [5, 5.41) is 9.23. The molecule has 1 heterocycles. The van der Waals surface area contributed by atoms with E-state index in [0.29, 0.717) is 12.1 Å². The minimum Gasteiger partial charge on any atom is -0.351 e. The van der Waals surface area contributed by atoms with Gasteiger partial charge in [0, 0.05) is 29.6 Å². The number of nitrogens with zero attached hydrogens (tertiary/aromatic N) is 1. The number of benzene rings is 1. The third kappa shape index (κ3) is 6.87. The Balaban J connectivity index is 0.00000242. The van der Waals surface area contributed by atoms with Crippen molar-refractivity contribution in [3.05, 3.63) is 40.2 Å². The zero-order valence-electron chi connectivity index (χ0n) is 13.3. The average Bonchev–Trinajstić information content (AvgIpc) is 2.93. The minimum atomic E-state index is -0.0397. The first-order valence-corrected chi connectivity index (χ1v) is 8.10. The zero-order chi connectivity index (χ0) is 15.1. The second-order valence-corrected chi connectivity index (χ2v) is 5.90. The topological polar surface area (TPSA) is 54.0 Å². The summed E-state index contributed by atoms with van der Waals surface area (Å²) in [4.78, 5) is 16.6. The summed E-state index contributed by atoms with van der Waals surface area (Å²) < 4.78 is 0. The van der Waals surface area contributed by atoms with E-state index in [9.17, 15) is 4.79 Å². The maximum absolute atomic E-state index is 12.1. The Morgan fingerprint density at radius 2 is 2.00 bits per heavy atom. The highest BCUT2D eigenvalue weighted by Gasteiger charge is 2.08. The summed E-state index contributed by atoms with van der Waals surface area (Å²) >= 11 is 1.62. The van der Waals surface area contributed by atoms with Gasteiger partial charge in [0.15, 0.2) is 0 Å². The summed E-state index contributed by atoms with van der Waals surface area (Å²) in [6.07, 6.45) is 1.10. The first-order chi connectivity index (χ1) is 10.2. The fraction of sp³-hybridized carbons (Fsp3) is 0.375. The van der Waals surface area contributed by atoms with Crippen LogP contribution < -0.4 is 10.6 Å². The SMILES string of the molecule is CCCNCCNC(=O)c1cccc(-c2csc(C)n2)c1.Cl.Cl. The third-order valence-corrected chi connectivity index (χ3v) is 3.83. The van der Waals surface area contributed by atoms with Gasteiger partial charge in [-0.2, -0.15) is 0 Å². The lowest BCUT2D eigenvalue weighted by atomic mass is 10.1. The number of hydrogen-bond donors (Lipinski definition) is 2. The molecule has 0 saturated carbocycles. The zero-order valence-corrected chi connectivity index (χ0v) is 15.7. The Bertz CT molecular complexity index is 605. The molecule has 1 amide bonds. The van der Waals surface area contributed by atoms with Crippen LogP contribution in [0, 0.1) is 6.92 Å². The van der Waals surface area contributed by atoms with Crippen molar-refractivity contribution in [3.8, 4) is 11.3 Å². The van der Waals surface area contributed by atoms with Crippen LogP contribution in [0.25, 0.3) is 11.3 Å². The third-order valence-electron chi connectivity index (χ3n) is 3.05. The van der Waals surface area contributed by atoms with Crippen molar-refractivity contribution in [1.82, 2.24) is 15.6 Å². The molecule has 0 saturated heterocycles. The maximum atomic E-state index is 12.1. The fourth-order valence-corrected chi connectivity index (χ4v) is 2.61. The molecule has 128 valence electrons. The Morgan fingerprint density at radius 3 is 2.65 bits per heavy atom. The first kappa shape index (κ1) is 21.9. The molecule has 1 aromatic carbocycles. The molecule has 2 N–H and O–H groups in total. The van der Waals surface area contributed by atoms with Crippen LogP contribution >= 0.6 is 36.2 Å². The van der Waals surface area contributed by atoms with E-state index in [-0.39, 0.29) is 30.7 Å². The molecule has 7 heteroatoms. The van der Waals surface area contributed by atoms with Crippen LogP contribution in [-0.4, -0.2) is 30.5 Å². The van der Waals surface area contributed by atoms with Crippen molar-refractivity contribution >= 4 is 42.1 Å². The monoisotopic (exact) mass is 375 g/mol. The van der Waals surface area contributed by atoms with Crippen molar-refractivity contribution in [1.29, 1.82) is 0 Å². The summed E-state index contributed by atoms with van der Waals surface area (Å²) in [6.45, 7) is 6.52. The molecule has 0 atom stereocenters. The largest absolute Gasteiger partial charge is 0.351 e. The number of amides is 1. The number of hydrogen-bond acceptors (Lipinski definition) is 4. The van der Waals surface area contributed by atoms with Crippen LogP contribution in [0.4, 0.5) is 0 Å². The summed E-state index contributed by atoms with van der Waals surface area (Å²) in [6, 6.07) is 7.60. The van der Waals surface area contributed by atoms with E-state index in [4.69, 9.17) is 0 Å². The van der Waals surface area contributed by atoms with Crippen LogP contribution in [0.3, 0.4) is 0 Å². The number of carbonyl (C=O) groups is 1. The second-order valence-electron chi connectivity index (χ2n) is 4.84. The number of nitrogens with one attached hydrogen (secondary N) is 2. The van der Waals surface area contributed by atoms with Gasteiger partial charge in [-0.3, -0.25) is 4.79 Å². The molecule has 23 heavy (non-hydrogen) atoms. The predicted molar refractivity (Wildman–Crippen MR) is 102 cm³/mol. The van der Waals surface area contributed by atoms with Crippen molar-refractivity contribution in [2.24, 2.45) is 0 Å². The molecule has 2 aromatic rings. The Hall–Kier alpha value is -1.14. The molecule has 0 spiro atoms. The predicted octanol–water partition coefficient (Wildman–Crippen LogP) is 3.69. The Morgan fingerprint density at radius 1 is 1.22 bits per heavy atom. The van der Waals surface area contributed by atoms with Gasteiger partial charge in [0.25, 0.3) is 5.91 Å². The van der Waals surface area contributed by atoms with Gasteiger partial charge in [0.1, 0.15) is 0 Å². The molecule has 2 rings (SSSR count). The highest BCUT2D eigenvalue weighted by atomic mass is 35.5. The molecule has 0 fully saturated rings. The van der Waals surface area contributed by atoms with Gasteiger partial charge in [-0.05, 0) is 32.0 Å². The highest BCUT2D eigenvalue weighted by Crippen LogP contribution is 2.22. The summed E-state index contributed by atoms with van der Waals surface area (Å²) in [7, 11) is 0. The number of halogens is 2. The maximum Gasteiger partial charge on any atom is 0.251 e. The highest BCUT2D eigenvalue weighted by molar-refractivity contribution is 7.09.